The van der Waals surface area contributed by atoms with Crippen LogP contribution in [0.4, 0.5) is 16.2 Å². The van der Waals surface area contributed by atoms with Crippen LogP contribution in [-0.4, -0.2) is 46.9 Å². The number of fused-ring (bicyclic) bond motifs is 1. The summed E-state index contributed by atoms with van der Waals surface area (Å²) in [4.78, 5) is 37.0. The molecule has 1 saturated heterocycles. The Labute approximate surface area is 184 Å². The summed E-state index contributed by atoms with van der Waals surface area (Å²) in [6, 6.07) is 5.28. The molecule has 1 aromatic carbocycles. The van der Waals surface area contributed by atoms with Crippen molar-refractivity contribution in [2.24, 2.45) is 0 Å². The molecule has 10 heteroatoms. The average molecular weight is 495 g/mol. The molecule has 1 aliphatic heterocycles. The molecule has 0 atom stereocenters. The Morgan fingerprint density at radius 1 is 1.17 bits per heavy atom. The molecule has 3 amide bonds. The minimum absolute atomic E-state index is 0.0945. The van der Waals surface area contributed by atoms with Crippen molar-refractivity contribution < 1.29 is 9.59 Å². The van der Waals surface area contributed by atoms with Crippen LogP contribution in [0.2, 0.25) is 10.0 Å². The number of para-hydroxylation sites is 1. The van der Waals surface area contributed by atoms with E-state index in [1.165, 1.54) is 12.4 Å². The molecule has 0 aliphatic carbocycles. The lowest BCUT2D eigenvalue weighted by molar-refractivity contribution is 0.102. The molecular formula is C19H14BrCl2N5O2. The van der Waals surface area contributed by atoms with Gasteiger partial charge in [-0.15, -0.1) is 0 Å². The Hall–Kier alpha value is -2.42. The van der Waals surface area contributed by atoms with Crippen molar-refractivity contribution in [3.8, 4) is 0 Å². The smallest absolute Gasteiger partial charge is 0.324 e. The third-order valence-electron chi connectivity index (χ3n) is 4.64. The number of halogens is 3. The van der Waals surface area contributed by atoms with Gasteiger partial charge < -0.3 is 10.2 Å². The second-order valence-corrected chi connectivity index (χ2v) is 8.11. The van der Waals surface area contributed by atoms with Crippen LogP contribution < -0.4 is 10.2 Å². The van der Waals surface area contributed by atoms with Crippen molar-refractivity contribution in [2.75, 3.05) is 30.4 Å². The molecule has 3 aromatic rings. The fourth-order valence-corrected chi connectivity index (χ4v) is 4.29. The predicted molar refractivity (Wildman–Crippen MR) is 117 cm³/mol. The summed E-state index contributed by atoms with van der Waals surface area (Å²) < 4.78 is 0.692. The van der Waals surface area contributed by atoms with Gasteiger partial charge >= 0.3 is 6.03 Å². The highest BCUT2D eigenvalue weighted by atomic mass is 79.9. The normalized spacial score (nSPS) is 14.0. The number of hydrogen-bond acceptors (Lipinski definition) is 4. The molecule has 0 radical (unpaired) electrons. The number of carbonyl (C=O) groups is 2. The predicted octanol–water partition coefficient (Wildman–Crippen LogP) is 4.82. The lowest BCUT2D eigenvalue weighted by atomic mass is 10.1. The SMILES string of the molecule is CN1CCN(c2c(Br)cnc3c(NC(=O)c4c(Cl)cncc4Cl)cccc23)C1=O. The molecule has 29 heavy (non-hydrogen) atoms. The molecule has 0 bridgehead atoms. The van der Waals surface area contributed by atoms with E-state index >= 15 is 0 Å². The maximum absolute atomic E-state index is 12.8. The maximum atomic E-state index is 12.8. The Morgan fingerprint density at radius 3 is 2.55 bits per heavy atom. The van der Waals surface area contributed by atoms with Gasteiger partial charge in [0.25, 0.3) is 5.91 Å². The first-order chi connectivity index (χ1) is 13.9. The van der Waals surface area contributed by atoms with Gasteiger partial charge in [0.05, 0.1) is 37.0 Å². The van der Waals surface area contributed by atoms with Crippen LogP contribution in [0.3, 0.4) is 0 Å². The van der Waals surface area contributed by atoms with E-state index in [-0.39, 0.29) is 21.6 Å². The third kappa shape index (κ3) is 3.52. The van der Waals surface area contributed by atoms with E-state index in [1.54, 1.807) is 35.2 Å². The molecule has 1 N–H and O–H groups in total. The van der Waals surface area contributed by atoms with Crippen LogP contribution in [0.5, 0.6) is 0 Å². The molecule has 0 spiro atoms. The Morgan fingerprint density at radius 2 is 1.90 bits per heavy atom. The van der Waals surface area contributed by atoms with Gasteiger partial charge in [-0.05, 0) is 22.0 Å². The van der Waals surface area contributed by atoms with Gasteiger partial charge in [-0.3, -0.25) is 19.7 Å². The number of benzene rings is 1. The number of aromatic nitrogens is 2. The lowest BCUT2D eigenvalue weighted by Crippen LogP contribution is -2.29. The lowest BCUT2D eigenvalue weighted by Gasteiger charge is -2.20. The van der Waals surface area contributed by atoms with Gasteiger partial charge in [0.15, 0.2) is 0 Å². The summed E-state index contributed by atoms with van der Waals surface area (Å²) in [5, 5.41) is 3.84. The van der Waals surface area contributed by atoms with Gasteiger partial charge in [-0.2, -0.15) is 0 Å². The van der Waals surface area contributed by atoms with Crippen LogP contribution in [0, 0.1) is 0 Å². The van der Waals surface area contributed by atoms with Crippen LogP contribution in [0.1, 0.15) is 10.4 Å². The van der Waals surface area contributed by atoms with Crippen LogP contribution in [-0.2, 0) is 0 Å². The highest BCUT2D eigenvalue weighted by molar-refractivity contribution is 9.10. The van der Waals surface area contributed by atoms with Crippen molar-refractivity contribution in [2.45, 2.75) is 0 Å². The molecule has 148 valence electrons. The number of anilines is 2. The van der Waals surface area contributed by atoms with E-state index in [0.717, 1.165) is 5.39 Å². The third-order valence-corrected chi connectivity index (χ3v) is 5.79. The van der Waals surface area contributed by atoms with Crippen LogP contribution in [0.15, 0.2) is 41.3 Å². The fourth-order valence-electron chi connectivity index (χ4n) is 3.23. The van der Waals surface area contributed by atoms with Gasteiger partial charge in [0.1, 0.15) is 0 Å². The molecule has 4 rings (SSSR count). The minimum atomic E-state index is -0.474. The second kappa shape index (κ2) is 7.78. The Kier molecular flexibility index (Phi) is 5.33. The summed E-state index contributed by atoms with van der Waals surface area (Å²) in [7, 11) is 1.76. The first kappa shape index (κ1) is 19.9. The van der Waals surface area contributed by atoms with Gasteiger partial charge in [-0.25, -0.2) is 4.79 Å². The van der Waals surface area contributed by atoms with Crippen LogP contribution in [0.25, 0.3) is 10.9 Å². The number of pyridine rings is 2. The molecule has 0 unspecified atom stereocenters. The number of nitrogens with zero attached hydrogens (tertiary/aromatic N) is 4. The van der Waals surface area contributed by atoms with E-state index < -0.39 is 5.91 Å². The number of hydrogen-bond donors (Lipinski definition) is 1. The zero-order valence-corrected chi connectivity index (χ0v) is 18.2. The largest absolute Gasteiger partial charge is 0.326 e. The number of carbonyl (C=O) groups excluding carboxylic acids is 2. The van der Waals surface area contributed by atoms with Crippen molar-refractivity contribution >= 4 is 73.3 Å². The van der Waals surface area contributed by atoms with E-state index in [4.69, 9.17) is 23.2 Å². The number of nitrogens with one attached hydrogen (secondary N) is 1. The molecule has 3 heterocycles. The van der Waals surface area contributed by atoms with E-state index in [2.05, 4.69) is 31.2 Å². The van der Waals surface area contributed by atoms with E-state index in [1.807, 2.05) is 6.07 Å². The molecule has 1 aliphatic rings. The van der Waals surface area contributed by atoms with E-state index in [0.29, 0.717) is 34.5 Å². The topological polar surface area (TPSA) is 78.4 Å². The van der Waals surface area contributed by atoms with Crippen molar-refractivity contribution in [1.29, 1.82) is 0 Å². The minimum Gasteiger partial charge on any atom is -0.326 e. The van der Waals surface area contributed by atoms with Gasteiger partial charge in [0.2, 0.25) is 0 Å². The maximum Gasteiger partial charge on any atom is 0.324 e. The number of likely N-dealkylation sites (N-methyl/N-ethyl adjacent to an activating group) is 1. The van der Waals surface area contributed by atoms with Crippen molar-refractivity contribution in [3.05, 3.63) is 56.9 Å². The Bertz CT molecular complexity index is 1140. The summed E-state index contributed by atoms with van der Waals surface area (Å²) in [5.41, 5.74) is 1.86. The average Bonchev–Trinajstić information content (AvgIpc) is 3.00. The highest BCUT2D eigenvalue weighted by Crippen LogP contribution is 2.37. The van der Waals surface area contributed by atoms with Crippen molar-refractivity contribution in [1.82, 2.24) is 14.9 Å². The zero-order chi connectivity index (χ0) is 20.7. The Balaban J connectivity index is 1.79. The zero-order valence-electron chi connectivity index (χ0n) is 15.1. The monoisotopic (exact) mass is 493 g/mol. The van der Waals surface area contributed by atoms with Gasteiger partial charge in [-0.1, -0.05) is 35.3 Å². The summed E-state index contributed by atoms with van der Waals surface area (Å²) >= 11 is 15.7. The summed E-state index contributed by atoms with van der Waals surface area (Å²) in [6.07, 6.45) is 4.33. The first-order valence-electron chi connectivity index (χ1n) is 8.58. The number of rotatable bonds is 3. The number of urea groups is 1. The molecule has 1 fully saturated rings. The van der Waals surface area contributed by atoms with Gasteiger partial charge in [0, 0.05) is 44.1 Å². The molecule has 0 saturated carbocycles. The second-order valence-electron chi connectivity index (χ2n) is 6.44. The van der Waals surface area contributed by atoms with Crippen molar-refractivity contribution in [3.63, 3.8) is 0 Å². The first-order valence-corrected chi connectivity index (χ1v) is 10.1. The molecular weight excluding hydrogens is 481 g/mol. The number of amides is 3. The standard InChI is InChI=1S/C19H14BrCl2N5O2/c1-26-5-6-27(19(26)29)17-10-3-2-4-14(16(10)24-7-11(17)20)25-18(28)15-12(21)8-23-9-13(15)22/h2-4,7-9H,5-6H2,1H3,(H,25,28). The van der Waals surface area contributed by atoms with E-state index in [9.17, 15) is 9.59 Å². The summed E-state index contributed by atoms with van der Waals surface area (Å²) in [6.45, 7) is 1.19. The highest BCUT2D eigenvalue weighted by Gasteiger charge is 2.30. The molecule has 2 aromatic heterocycles. The molecule has 7 nitrogen and oxygen atoms in total. The summed E-state index contributed by atoms with van der Waals surface area (Å²) in [5.74, 6) is -0.474. The van der Waals surface area contributed by atoms with Crippen LogP contribution >= 0.6 is 39.1 Å². The quantitative estimate of drug-likeness (QED) is 0.566. The fraction of sp³-hybridized carbons (Fsp3) is 0.158.